The Hall–Kier alpha value is -3.69. The fourth-order valence-corrected chi connectivity index (χ4v) is 4.77. The van der Waals surface area contributed by atoms with Crippen LogP contribution in [0.15, 0.2) is 55.1 Å². The van der Waals surface area contributed by atoms with E-state index in [9.17, 15) is 0 Å². The van der Waals surface area contributed by atoms with E-state index in [-0.39, 0.29) is 12.1 Å². The van der Waals surface area contributed by atoms with Crippen LogP contribution in [0.2, 0.25) is 0 Å². The van der Waals surface area contributed by atoms with Gasteiger partial charge in [0.1, 0.15) is 11.3 Å². The van der Waals surface area contributed by atoms with Gasteiger partial charge in [0.2, 0.25) is 0 Å². The number of nitrogens with two attached hydrogens (primary N) is 1. The van der Waals surface area contributed by atoms with Gasteiger partial charge in [0.05, 0.1) is 30.4 Å². The quantitative estimate of drug-likeness (QED) is 0.444. The molecule has 9 nitrogen and oxygen atoms in total. The van der Waals surface area contributed by atoms with E-state index in [0.717, 1.165) is 52.2 Å². The van der Waals surface area contributed by atoms with E-state index < -0.39 is 0 Å². The molecule has 0 spiro atoms. The molecule has 2 atom stereocenters. The van der Waals surface area contributed by atoms with Crippen LogP contribution in [-0.4, -0.2) is 61.6 Å². The van der Waals surface area contributed by atoms with Crippen LogP contribution < -0.4 is 10.6 Å². The number of rotatable bonds is 4. The lowest BCUT2D eigenvalue weighted by Gasteiger charge is -2.36. The lowest BCUT2D eigenvalue weighted by atomic mass is 10.0. The highest BCUT2D eigenvalue weighted by molar-refractivity contribution is 5.95. The highest BCUT2D eigenvalue weighted by Crippen LogP contribution is 2.30. The van der Waals surface area contributed by atoms with Gasteiger partial charge in [-0.05, 0) is 24.6 Å². The molecule has 5 heterocycles. The van der Waals surface area contributed by atoms with Crippen molar-refractivity contribution in [2.75, 3.05) is 25.2 Å². The van der Waals surface area contributed by atoms with Crippen LogP contribution in [-0.2, 0) is 11.8 Å². The normalized spacial score (nSPS) is 18.9. The molecule has 1 fully saturated rings. The number of aromatic nitrogens is 6. The molecule has 0 unspecified atom stereocenters. The second-order valence-corrected chi connectivity index (χ2v) is 8.63. The Morgan fingerprint density at radius 2 is 2.15 bits per heavy atom. The molecule has 3 N–H and O–H groups in total. The molecule has 168 valence electrons. The number of fused-ring (bicyclic) bond motifs is 2. The molecule has 1 aliphatic heterocycles. The van der Waals surface area contributed by atoms with Gasteiger partial charge in [0.15, 0.2) is 5.65 Å². The molecular formula is C24H26N8O. The minimum absolute atomic E-state index is 0.0180. The van der Waals surface area contributed by atoms with Crippen molar-refractivity contribution < 1.29 is 4.74 Å². The van der Waals surface area contributed by atoms with Gasteiger partial charge in [-0.3, -0.25) is 0 Å². The number of imidazole rings is 1. The fourth-order valence-electron chi connectivity index (χ4n) is 4.77. The van der Waals surface area contributed by atoms with E-state index in [4.69, 9.17) is 15.5 Å². The number of hydrogen-bond donors (Lipinski definition) is 2. The maximum atomic E-state index is 6.29. The summed E-state index contributed by atoms with van der Waals surface area (Å²) >= 11 is 0. The van der Waals surface area contributed by atoms with Crippen molar-refractivity contribution in [2.24, 2.45) is 12.8 Å². The van der Waals surface area contributed by atoms with E-state index in [1.807, 2.05) is 30.2 Å². The Labute approximate surface area is 190 Å². The number of benzene rings is 1. The molecule has 33 heavy (non-hydrogen) atoms. The Morgan fingerprint density at radius 3 is 3.03 bits per heavy atom. The third kappa shape index (κ3) is 3.28. The van der Waals surface area contributed by atoms with Crippen molar-refractivity contribution in [1.82, 2.24) is 29.3 Å². The summed E-state index contributed by atoms with van der Waals surface area (Å²) in [7, 11) is 4.11. The molecule has 0 saturated carbocycles. The highest BCUT2D eigenvalue weighted by Gasteiger charge is 2.27. The van der Waals surface area contributed by atoms with Crippen LogP contribution in [0.1, 0.15) is 6.42 Å². The molecule has 0 amide bonds. The molecule has 0 aliphatic carbocycles. The molecule has 1 saturated heterocycles. The van der Waals surface area contributed by atoms with E-state index in [1.165, 1.54) is 0 Å². The number of anilines is 1. The topological polar surface area (TPSA) is 103 Å². The Balaban J connectivity index is 1.39. The fraction of sp³-hybridized carbons (Fsp3) is 0.292. The molecule has 1 aliphatic rings. The maximum absolute atomic E-state index is 6.29. The van der Waals surface area contributed by atoms with Gasteiger partial charge in [-0.25, -0.2) is 14.6 Å². The Bertz CT molecular complexity index is 1450. The van der Waals surface area contributed by atoms with Gasteiger partial charge < -0.3 is 24.9 Å². The number of hydrogen-bond acceptors (Lipinski definition) is 6. The van der Waals surface area contributed by atoms with Gasteiger partial charge in [0.25, 0.3) is 0 Å². The second-order valence-electron chi connectivity index (χ2n) is 8.63. The molecule has 4 aromatic heterocycles. The molecular weight excluding hydrogens is 416 g/mol. The minimum atomic E-state index is -0.0180. The first-order valence-electron chi connectivity index (χ1n) is 11.1. The smallest absolute Gasteiger partial charge is 0.180 e. The van der Waals surface area contributed by atoms with Crippen LogP contribution in [0.5, 0.6) is 0 Å². The number of H-pyrrole nitrogens is 1. The lowest BCUT2D eigenvalue weighted by molar-refractivity contribution is 0.0699. The predicted octanol–water partition coefficient (Wildman–Crippen LogP) is 2.85. The summed E-state index contributed by atoms with van der Waals surface area (Å²) in [6.45, 7) is 1.31. The van der Waals surface area contributed by atoms with E-state index >= 15 is 0 Å². The Kier molecular flexibility index (Phi) is 4.67. The summed E-state index contributed by atoms with van der Waals surface area (Å²) in [5.74, 6) is 0.791. The van der Waals surface area contributed by atoms with Crippen LogP contribution in [0.25, 0.3) is 39.1 Å². The summed E-state index contributed by atoms with van der Waals surface area (Å²) in [6.07, 6.45) is 8.63. The zero-order chi connectivity index (χ0) is 22.5. The molecule has 0 bridgehead atoms. The third-order valence-corrected chi connectivity index (χ3v) is 6.64. The summed E-state index contributed by atoms with van der Waals surface area (Å²) in [5.41, 5.74) is 11.9. The summed E-state index contributed by atoms with van der Waals surface area (Å²) in [6, 6.07) is 10.5. The second kappa shape index (κ2) is 7.72. The molecule has 0 radical (unpaired) electrons. The average molecular weight is 443 g/mol. The number of aromatic amines is 1. The van der Waals surface area contributed by atoms with Crippen molar-refractivity contribution in [3.05, 3.63) is 55.1 Å². The van der Waals surface area contributed by atoms with E-state index in [1.54, 1.807) is 6.20 Å². The number of aryl methyl sites for hydroxylation is 1. The van der Waals surface area contributed by atoms with Gasteiger partial charge in [-0.15, -0.1) is 0 Å². The number of pyridine rings is 1. The third-order valence-electron chi connectivity index (χ3n) is 6.64. The van der Waals surface area contributed by atoms with Crippen LogP contribution >= 0.6 is 0 Å². The largest absolute Gasteiger partial charge is 0.380 e. The molecule has 5 aromatic rings. The van der Waals surface area contributed by atoms with Crippen molar-refractivity contribution in [1.29, 1.82) is 0 Å². The minimum Gasteiger partial charge on any atom is -0.380 e. The first-order valence-corrected chi connectivity index (χ1v) is 11.1. The van der Waals surface area contributed by atoms with Gasteiger partial charge >= 0.3 is 0 Å². The maximum Gasteiger partial charge on any atom is 0.180 e. The monoisotopic (exact) mass is 442 g/mol. The van der Waals surface area contributed by atoms with Crippen LogP contribution in [0.3, 0.4) is 0 Å². The SMILES string of the molecule is CN(c1cnn(-c2ccnc3nc(-c4cccc5c4ccn5C)[nH]c23)c1)[C@@H]1CCOC[C@@H]1N. The number of likely N-dealkylation sites (N-methyl/N-ethyl adjacent to an activating group) is 1. The van der Waals surface area contributed by atoms with Crippen molar-refractivity contribution >= 4 is 27.8 Å². The predicted molar refractivity (Wildman–Crippen MR) is 129 cm³/mol. The van der Waals surface area contributed by atoms with Crippen LogP contribution in [0.4, 0.5) is 5.69 Å². The summed E-state index contributed by atoms with van der Waals surface area (Å²) in [5, 5.41) is 5.79. The number of nitrogens with one attached hydrogen (secondary N) is 1. The van der Waals surface area contributed by atoms with E-state index in [2.05, 4.69) is 62.0 Å². The first-order chi connectivity index (χ1) is 16.1. The molecule has 9 heteroatoms. The average Bonchev–Trinajstić information content (AvgIpc) is 3.57. The number of nitrogens with zero attached hydrogens (tertiary/aromatic N) is 6. The summed E-state index contributed by atoms with van der Waals surface area (Å²) in [4.78, 5) is 15.0. The standard InChI is InChI=1S/C24H26N8O/c1-30-10-7-16-17(4-3-5-19(16)30)23-28-22-21(6-9-26-24(22)29-23)32-13-15(12-27-32)31(2)20-8-11-33-14-18(20)25/h3-7,9-10,12-13,18,20H,8,11,14,25H2,1-2H3,(H,26,28,29)/t18-,20+/m0/s1. The zero-order valence-corrected chi connectivity index (χ0v) is 18.6. The lowest BCUT2D eigenvalue weighted by Crippen LogP contribution is -2.52. The molecule has 6 rings (SSSR count). The Morgan fingerprint density at radius 1 is 1.24 bits per heavy atom. The zero-order valence-electron chi connectivity index (χ0n) is 18.6. The van der Waals surface area contributed by atoms with Crippen molar-refractivity contribution in [2.45, 2.75) is 18.5 Å². The van der Waals surface area contributed by atoms with Crippen LogP contribution in [0, 0.1) is 0 Å². The van der Waals surface area contributed by atoms with Gasteiger partial charge in [0, 0.05) is 61.6 Å². The van der Waals surface area contributed by atoms with Crippen molar-refractivity contribution in [3.8, 4) is 17.1 Å². The van der Waals surface area contributed by atoms with Crippen molar-refractivity contribution in [3.63, 3.8) is 0 Å². The number of ether oxygens (including phenoxy) is 1. The first kappa shape index (κ1) is 20.0. The summed E-state index contributed by atoms with van der Waals surface area (Å²) < 4.78 is 9.47. The highest BCUT2D eigenvalue weighted by atomic mass is 16.5. The van der Waals surface area contributed by atoms with Gasteiger partial charge in [-0.1, -0.05) is 12.1 Å². The molecule has 1 aromatic carbocycles. The van der Waals surface area contributed by atoms with E-state index in [0.29, 0.717) is 12.3 Å². The van der Waals surface area contributed by atoms with Gasteiger partial charge in [-0.2, -0.15) is 5.10 Å².